The molecule has 0 radical (unpaired) electrons. The summed E-state index contributed by atoms with van der Waals surface area (Å²) in [4.78, 5) is 8.70. The lowest BCUT2D eigenvalue weighted by atomic mass is 9.53. The monoisotopic (exact) mass is 393 g/mol. The van der Waals surface area contributed by atoms with E-state index in [9.17, 15) is 22.7 Å². The number of alkyl halides is 3. The van der Waals surface area contributed by atoms with Crippen molar-refractivity contribution in [3.8, 4) is 5.75 Å². The maximum atomic E-state index is 13.8. The second kappa shape index (κ2) is 7.00. The Morgan fingerprint density at radius 2 is 2.00 bits per heavy atom. The van der Waals surface area contributed by atoms with Crippen LogP contribution in [0, 0.1) is 11.7 Å². The molecule has 1 aromatic carbocycles. The van der Waals surface area contributed by atoms with E-state index in [1.54, 1.807) is 0 Å². The summed E-state index contributed by atoms with van der Waals surface area (Å²) in [7, 11) is 0. The molecule has 3 atom stereocenters. The molecule has 2 fully saturated rings. The van der Waals surface area contributed by atoms with Gasteiger partial charge in [0.1, 0.15) is 0 Å². The van der Waals surface area contributed by atoms with Crippen molar-refractivity contribution in [1.82, 2.24) is 5.32 Å². The van der Waals surface area contributed by atoms with Gasteiger partial charge in [-0.2, -0.15) is 13.2 Å². The molecule has 0 aromatic heterocycles. The summed E-state index contributed by atoms with van der Waals surface area (Å²) in [5, 5.41) is 13.8. The van der Waals surface area contributed by atoms with Crippen molar-refractivity contribution in [2.75, 3.05) is 6.54 Å². The number of hydrogen-bond donors (Lipinski definition) is 2. The van der Waals surface area contributed by atoms with Gasteiger partial charge < -0.3 is 10.4 Å². The van der Waals surface area contributed by atoms with Crippen LogP contribution in [0.25, 0.3) is 0 Å². The quantitative estimate of drug-likeness (QED) is 0.511. The first-order valence-corrected chi connectivity index (χ1v) is 9.04. The first-order valence-electron chi connectivity index (χ1n) is 8.66. The minimum Gasteiger partial charge on any atom is -0.504 e. The van der Waals surface area contributed by atoms with Gasteiger partial charge in [-0.05, 0) is 55.3 Å². The minimum atomic E-state index is -4.64. The highest BCUT2D eigenvalue weighted by molar-refractivity contribution is 6.33. The molecule has 4 rings (SSSR count). The highest BCUT2D eigenvalue weighted by atomic mass is 35.5. The number of phenolic OH excluding ortho intramolecular Hbond substituents is 1. The molecule has 8 heteroatoms. The topological polar surface area (TPSA) is 49.3 Å². The van der Waals surface area contributed by atoms with Gasteiger partial charge in [0, 0.05) is 11.5 Å². The molecular weight excluding hydrogens is 374 g/mol. The van der Waals surface area contributed by atoms with Crippen LogP contribution in [0.1, 0.15) is 43.2 Å². The van der Waals surface area contributed by atoms with Crippen LogP contribution in [0.4, 0.5) is 17.6 Å². The zero-order chi connectivity index (χ0) is 19.1. The molecule has 1 saturated heterocycles. The van der Waals surface area contributed by atoms with Crippen molar-refractivity contribution >= 4 is 17.9 Å². The molecule has 144 valence electrons. The maximum absolute atomic E-state index is 13.8. The van der Waals surface area contributed by atoms with E-state index in [1.165, 1.54) is 25.3 Å². The molecule has 2 aliphatic carbocycles. The van der Waals surface area contributed by atoms with Crippen LogP contribution < -0.4 is 5.32 Å². The number of carbonyl (C=O) groups is 1. The Morgan fingerprint density at radius 1 is 1.31 bits per heavy atom. The van der Waals surface area contributed by atoms with Gasteiger partial charge in [-0.3, -0.25) is 4.79 Å². The lowest BCUT2D eigenvalue weighted by Crippen LogP contribution is -2.59. The molecule has 0 spiro atoms. The molecule has 2 N–H and O–H groups in total. The highest BCUT2D eigenvalue weighted by Crippen LogP contribution is 2.57. The van der Waals surface area contributed by atoms with Crippen LogP contribution in [0.3, 0.4) is 0 Å². The van der Waals surface area contributed by atoms with E-state index in [0.29, 0.717) is 12.0 Å². The molecule has 1 saturated carbocycles. The average molecular weight is 394 g/mol. The fraction of sp³-hybridized carbons (Fsp3) is 0.611. The van der Waals surface area contributed by atoms with E-state index in [0.717, 1.165) is 36.9 Å². The number of carbonyl (C=O) groups excluding carboxylic acids is 1. The Hall–Kier alpha value is -1.34. The largest absolute Gasteiger partial charge is 0.504 e. The summed E-state index contributed by atoms with van der Waals surface area (Å²) in [6, 6.07) is 1.94. The van der Waals surface area contributed by atoms with Crippen LogP contribution in [-0.4, -0.2) is 30.2 Å². The fourth-order valence-electron chi connectivity index (χ4n) is 5.03. The standard InChI is InChI=1S/C16H19ClFNO.C2HF3O/c17-14-13-9(7-11(18)15(14)20)8-12-10-3-1-2-4-16(10,13)5-6-19-12;3-2(4,5)1-6/h7,10,12,19-20H,1-6,8H2;1H/t10-,12+,16+;/m1./s1. The number of nitrogens with one attached hydrogen (secondary N) is 1. The van der Waals surface area contributed by atoms with Gasteiger partial charge in [0.25, 0.3) is 0 Å². The molecule has 26 heavy (non-hydrogen) atoms. The Labute approximate surface area is 153 Å². The van der Waals surface area contributed by atoms with Crippen molar-refractivity contribution in [1.29, 1.82) is 0 Å². The van der Waals surface area contributed by atoms with Gasteiger partial charge in [-0.15, -0.1) is 0 Å². The van der Waals surface area contributed by atoms with Gasteiger partial charge in [0.15, 0.2) is 11.6 Å². The third-order valence-corrected chi connectivity index (χ3v) is 6.28. The summed E-state index contributed by atoms with van der Waals surface area (Å²) in [5.41, 5.74) is 2.12. The molecular formula is C18H20ClF4NO2. The third kappa shape index (κ3) is 3.31. The fourth-order valence-corrected chi connectivity index (χ4v) is 5.43. The summed E-state index contributed by atoms with van der Waals surface area (Å²) in [6.45, 7) is 0.995. The maximum Gasteiger partial charge on any atom is 0.446 e. The highest BCUT2D eigenvalue weighted by Gasteiger charge is 2.52. The first kappa shape index (κ1) is 19.4. The number of benzene rings is 1. The average Bonchev–Trinajstić information content (AvgIpc) is 2.59. The van der Waals surface area contributed by atoms with E-state index in [4.69, 9.17) is 16.4 Å². The normalized spacial score (nSPS) is 29.7. The van der Waals surface area contributed by atoms with Gasteiger partial charge in [-0.25, -0.2) is 4.39 Å². The summed E-state index contributed by atoms with van der Waals surface area (Å²) < 4.78 is 45.1. The lowest BCUT2D eigenvalue weighted by molar-refractivity contribution is -0.156. The summed E-state index contributed by atoms with van der Waals surface area (Å²) >= 11 is 6.37. The van der Waals surface area contributed by atoms with Gasteiger partial charge >= 0.3 is 6.18 Å². The molecule has 1 aliphatic heterocycles. The smallest absolute Gasteiger partial charge is 0.446 e. The number of fused-ring (bicyclic) bond motifs is 1. The van der Waals surface area contributed by atoms with Gasteiger partial charge in [0.2, 0.25) is 6.29 Å². The van der Waals surface area contributed by atoms with Crippen LogP contribution in [0.2, 0.25) is 5.02 Å². The predicted molar refractivity (Wildman–Crippen MR) is 88.9 cm³/mol. The number of hydrogen-bond acceptors (Lipinski definition) is 3. The number of halogens is 5. The first-order chi connectivity index (χ1) is 12.2. The van der Waals surface area contributed by atoms with E-state index in [-0.39, 0.29) is 16.2 Å². The second-order valence-corrected chi connectivity index (χ2v) is 7.62. The van der Waals surface area contributed by atoms with Crippen molar-refractivity contribution in [3.63, 3.8) is 0 Å². The zero-order valence-electron chi connectivity index (χ0n) is 14.0. The van der Waals surface area contributed by atoms with E-state index >= 15 is 0 Å². The SMILES string of the molecule is O=CC(F)(F)F.Oc1c(F)cc2c(c1Cl)[C@]13CCCC[C@@H]1[C@H](C2)NCC3. The molecule has 3 nitrogen and oxygen atoms in total. The number of phenols is 1. The number of piperidine rings is 1. The lowest BCUT2D eigenvalue weighted by Gasteiger charge is -2.56. The van der Waals surface area contributed by atoms with Crippen molar-refractivity contribution in [2.45, 2.75) is 56.2 Å². The van der Waals surface area contributed by atoms with Crippen molar-refractivity contribution < 1.29 is 27.5 Å². The Bertz CT molecular complexity index is 705. The number of rotatable bonds is 0. The van der Waals surface area contributed by atoms with Crippen molar-refractivity contribution in [2.24, 2.45) is 5.92 Å². The van der Waals surface area contributed by atoms with E-state index in [2.05, 4.69) is 5.32 Å². The predicted octanol–water partition coefficient (Wildman–Crippen LogP) is 4.28. The molecule has 0 amide bonds. The van der Waals surface area contributed by atoms with Crippen LogP contribution in [0.15, 0.2) is 6.07 Å². The number of aldehydes is 1. The van der Waals surface area contributed by atoms with Gasteiger partial charge in [0.05, 0.1) is 5.02 Å². The molecule has 2 bridgehead atoms. The zero-order valence-corrected chi connectivity index (χ0v) is 14.8. The minimum absolute atomic E-state index is 0.0595. The third-order valence-electron chi connectivity index (χ3n) is 5.91. The van der Waals surface area contributed by atoms with Crippen LogP contribution >= 0.6 is 11.6 Å². The van der Waals surface area contributed by atoms with Crippen molar-refractivity contribution in [3.05, 3.63) is 28.0 Å². The van der Waals surface area contributed by atoms with E-state index in [1.807, 2.05) is 0 Å². The second-order valence-electron chi connectivity index (χ2n) is 7.24. The molecule has 1 aromatic rings. The molecule has 0 unspecified atom stereocenters. The number of aromatic hydroxyl groups is 1. The summed E-state index contributed by atoms with van der Waals surface area (Å²) in [6.07, 6.45) is 0.985. The molecule has 3 aliphatic rings. The summed E-state index contributed by atoms with van der Waals surface area (Å²) in [5.74, 6) is -0.363. The van der Waals surface area contributed by atoms with Gasteiger partial charge in [-0.1, -0.05) is 24.4 Å². The van der Waals surface area contributed by atoms with Crippen LogP contribution in [-0.2, 0) is 16.6 Å². The van der Waals surface area contributed by atoms with E-state index < -0.39 is 18.3 Å². The van der Waals surface area contributed by atoms with Crippen LogP contribution in [0.5, 0.6) is 5.75 Å². The Balaban J connectivity index is 0.000000286. The Morgan fingerprint density at radius 3 is 2.65 bits per heavy atom. The Kier molecular flexibility index (Phi) is 5.23. The molecule has 1 heterocycles.